The fraction of sp³-hybridized carbons (Fsp3) is 0.533. The average molecular weight is 325 g/mol. The Morgan fingerprint density at radius 3 is 2.18 bits per heavy atom. The molecule has 2 rings (SSSR count). The second-order valence-electron chi connectivity index (χ2n) is 5.61. The van der Waals surface area contributed by atoms with Crippen molar-refractivity contribution in [3.8, 4) is 0 Å². The SMILES string of the molecule is CC(C(=O)N(C)c1ccccc1)N1CCN(S(C)(=O)=O)CC1. The van der Waals surface area contributed by atoms with E-state index in [2.05, 4.69) is 0 Å². The first-order chi connectivity index (χ1) is 10.3. The van der Waals surface area contributed by atoms with Crippen molar-refractivity contribution in [3.05, 3.63) is 30.3 Å². The number of para-hydroxylation sites is 1. The molecule has 0 saturated carbocycles. The van der Waals surface area contributed by atoms with Crippen LogP contribution in [0.1, 0.15) is 6.92 Å². The van der Waals surface area contributed by atoms with Gasteiger partial charge in [0.25, 0.3) is 0 Å². The van der Waals surface area contributed by atoms with Gasteiger partial charge in [-0.3, -0.25) is 9.69 Å². The number of hydrogen-bond donors (Lipinski definition) is 0. The van der Waals surface area contributed by atoms with Crippen LogP contribution in [0.2, 0.25) is 0 Å². The lowest BCUT2D eigenvalue weighted by atomic mass is 10.2. The van der Waals surface area contributed by atoms with E-state index in [1.807, 2.05) is 42.2 Å². The van der Waals surface area contributed by atoms with Crippen molar-refractivity contribution in [1.29, 1.82) is 0 Å². The normalized spacial score (nSPS) is 18.9. The van der Waals surface area contributed by atoms with Gasteiger partial charge < -0.3 is 4.90 Å². The molecule has 1 unspecified atom stereocenters. The fourth-order valence-corrected chi connectivity index (χ4v) is 3.46. The van der Waals surface area contributed by atoms with Gasteiger partial charge in [-0.1, -0.05) is 18.2 Å². The molecule has 122 valence electrons. The monoisotopic (exact) mass is 325 g/mol. The largest absolute Gasteiger partial charge is 0.314 e. The van der Waals surface area contributed by atoms with Gasteiger partial charge in [0.05, 0.1) is 12.3 Å². The Labute approximate surface area is 132 Å². The van der Waals surface area contributed by atoms with Crippen LogP contribution in [0.15, 0.2) is 30.3 Å². The zero-order valence-corrected chi connectivity index (χ0v) is 14.1. The lowest BCUT2D eigenvalue weighted by Crippen LogP contribution is -2.55. The number of anilines is 1. The number of hydrogen-bond acceptors (Lipinski definition) is 4. The number of benzene rings is 1. The second kappa shape index (κ2) is 6.76. The first-order valence-corrected chi connectivity index (χ1v) is 9.17. The summed E-state index contributed by atoms with van der Waals surface area (Å²) in [4.78, 5) is 16.3. The summed E-state index contributed by atoms with van der Waals surface area (Å²) in [6.45, 7) is 3.89. The van der Waals surface area contributed by atoms with Gasteiger partial charge in [-0.25, -0.2) is 8.42 Å². The summed E-state index contributed by atoms with van der Waals surface area (Å²) in [6, 6.07) is 9.23. The molecule has 1 saturated heterocycles. The maximum atomic E-state index is 12.6. The smallest absolute Gasteiger partial charge is 0.243 e. The van der Waals surface area contributed by atoms with Crippen molar-refractivity contribution in [2.24, 2.45) is 0 Å². The first-order valence-electron chi connectivity index (χ1n) is 7.32. The van der Waals surface area contributed by atoms with Crippen LogP contribution in [-0.4, -0.2) is 69.1 Å². The minimum Gasteiger partial charge on any atom is -0.314 e. The lowest BCUT2D eigenvalue weighted by Gasteiger charge is -2.37. The number of carbonyl (C=O) groups excluding carboxylic acids is 1. The van der Waals surface area contributed by atoms with Crippen molar-refractivity contribution >= 4 is 21.6 Å². The molecule has 7 heteroatoms. The Bertz CT molecular complexity index is 610. The van der Waals surface area contributed by atoms with Crippen molar-refractivity contribution in [1.82, 2.24) is 9.21 Å². The summed E-state index contributed by atoms with van der Waals surface area (Å²) in [5, 5.41) is 0. The predicted molar refractivity (Wildman–Crippen MR) is 87.3 cm³/mol. The number of amides is 1. The zero-order valence-electron chi connectivity index (χ0n) is 13.3. The van der Waals surface area contributed by atoms with E-state index in [0.29, 0.717) is 26.2 Å². The highest BCUT2D eigenvalue weighted by Crippen LogP contribution is 2.16. The molecule has 1 aromatic carbocycles. The summed E-state index contributed by atoms with van der Waals surface area (Å²) in [5.41, 5.74) is 0.856. The molecule has 0 N–H and O–H groups in total. The quantitative estimate of drug-likeness (QED) is 0.814. The van der Waals surface area contributed by atoms with Gasteiger partial charge in [0.1, 0.15) is 0 Å². The van der Waals surface area contributed by atoms with Gasteiger partial charge in [-0.2, -0.15) is 4.31 Å². The van der Waals surface area contributed by atoms with E-state index in [4.69, 9.17) is 0 Å². The number of sulfonamides is 1. The summed E-state index contributed by atoms with van der Waals surface area (Å²) in [5.74, 6) is 0.0130. The highest BCUT2D eigenvalue weighted by atomic mass is 32.2. The molecule has 1 aliphatic rings. The number of carbonyl (C=O) groups is 1. The average Bonchev–Trinajstić information content (AvgIpc) is 2.53. The molecule has 0 bridgehead atoms. The Morgan fingerprint density at radius 1 is 1.14 bits per heavy atom. The van der Waals surface area contributed by atoms with Gasteiger partial charge in [0.15, 0.2) is 0 Å². The van der Waals surface area contributed by atoms with Crippen LogP contribution in [-0.2, 0) is 14.8 Å². The third-order valence-electron chi connectivity index (χ3n) is 4.12. The maximum Gasteiger partial charge on any atom is 0.243 e. The molecule has 1 atom stereocenters. The van der Waals surface area contributed by atoms with Crippen LogP contribution in [0.3, 0.4) is 0 Å². The van der Waals surface area contributed by atoms with E-state index < -0.39 is 10.0 Å². The highest BCUT2D eigenvalue weighted by Gasteiger charge is 2.30. The molecule has 0 radical (unpaired) electrons. The lowest BCUT2D eigenvalue weighted by molar-refractivity contribution is -0.123. The third kappa shape index (κ3) is 3.85. The molecule has 0 spiro atoms. The molecule has 1 aliphatic heterocycles. The molecule has 1 aromatic rings. The number of rotatable bonds is 4. The first kappa shape index (κ1) is 16.9. The molecule has 1 fully saturated rings. The van der Waals surface area contributed by atoms with Gasteiger partial charge >= 0.3 is 0 Å². The van der Waals surface area contributed by atoms with E-state index >= 15 is 0 Å². The minimum atomic E-state index is -3.14. The van der Waals surface area contributed by atoms with E-state index in [-0.39, 0.29) is 11.9 Å². The summed E-state index contributed by atoms with van der Waals surface area (Å²) < 4.78 is 24.5. The zero-order chi connectivity index (χ0) is 16.3. The summed E-state index contributed by atoms with van der Waals surface area (Å²) >= 11 is 0. The van der Waals surface area contributed by atoms with Crippen LogP contribution >= 0.6 is 0 Å². The molecule has 1 amide bonds. The fourth-order valence-electron chi connectivity index (χ4n) is 2.64. The Hall–Kier alpha value is -1.44. The summed E-state index contributed by atoms with van der Waals surface area (Å²) in [7, 11) is -1.38. The van der Waals surface area contributed by atoms with Gasteiger partial charge in [0.2, 0.25) is 15.9 Å². The molecule has 0 aromatic heterocycles. The second-order valence-corrected chi connectivity index (χ2v) is 7.59. The number of piperazine rings is 1. The van der Waals surface area contributed by atoms with Crippen LogP contribution < -0.4 is 4.90 Å². The molecule has 1 heterocycles. The van der Waals surface area contributed by atoms with Crippen molar-refractivity contribution in [2.45, 2.75) is 13.0 Å². The van der Waals surface area contributed by atoms with Crippen molar-refractivity contribution in [2.75, 3.05) is 44.4 Å². The highest BCUT2D eigenvalue weighted by molar-refractivity contribution is 7.88. The maximum absolute atomic E-state index is 12.6. The van der Waals surface area contributed by atoms with E-state index in [9.17, 15) is 13.2 Å². The Kier molecular flexibility index (Phi) is 5.20. The Morgan fingerprint density at radius 2 is 1.68 bits per heavy atom. The number of nitrogens with zero attached hydrogens (tertiary/aromatic N) is 3. The Balaban J connectivity index is 1.98. The van der Waals surface area contributed by atoms with Crippen LogP contribution in [0.4, 0.5) is 5.69 Å². The van der Waals surface area contributed by atoms with Gasteiger partial charge in [-0.05, 0) is 19.1 Å². The molecule has 22 heavy (non-hydrogen) atoms. The molecular formula is C15H23N3O3S. The molecule has 6 nitrogen and oxygen atoms in total. The summed E-state index contributed by atoms with van der Waals surface area (Å²) in [6.07, 6.45) is 1.22. The van der Waals surface area contributed by atoms with Crippen molar-refractivity contribution in [3.63, 3.8) is 0 Å². The predicted octanol–water partition coefficient (Wildman–Crippen LogP) is 0.615. The molecule has 0 aliphatic carbocycles. The van der Waals surface area contributed by atoms with Crippen LogP contribution in [0, 0.1) is 0 Å². The van der Waals surface area contributed by atoms with Crippen molar-refractivity contribution < 1.29 is 13.2 Å². The van der Waals surface area contributed by atoms with Crippen LogP contribution in [0.25, 0.3) is 0 Å². The standard InChI is InChI=1S/C15H23N3O3S/c1-13(15(19)16(2)14-7-5-4-6-8-14)17-9-11-18(12-10-17)22(3,20)21/h4-8,13H,9-12H2,1-3H3. The third-order valence-corrected chi connectivity index (χ3v) is 5.42. The molecular weight excluding hydrogens is 302 g/mol. The van der Waals surface area contributed by atoms with E-state index in [1.165, 1.54) is 10.6 Å². The van der Waals surface area contributed by atoms with Gasteiger partial charge in [0, 0.05) is 38.9 Å². The minimum absolute atomic E-state index is 0.0130. The van der Waals surface area contributed by atoms with E-state index in [1.54, 1.807) is 11.9 Å². The number of likely N-dealkylation sites (N-methyl/N-ethyl adjacent to an activating group) is 1. The van der Waals surface area contributed by atoms with Gasteiger partial charge in [-0.15, -0.1) is 0 Å². The van der Waals surface area contributed by atoms with E-state index in [0.717, 1.165) is 5.69 Å². The van der Waals surface area contributed by atoms with Crippen LogP contribution in [0.5, 0.6) is 0 Å². The topological polar surface area (TPSA) is 60.9 Å².